The number of methoxy groups -OCH3 is 1. The fourth-order valence-electron chi connectivity index (χ4n) is 3.05. The molecule has 1 heterocycles. The molecule has 4 nitrogen and oxygen atoms in total. The smallest absolute Gasteiger partial charge is 0.337 e. The zero-order valence-electron chi connectivity index (χ0n) is 15.1. The zero-order chi connectivity index (χ0) is 18.5. The number of carbonyl (C=O) groups is 1. The fourth-order valence-corrected chi connectivity index (χ4v) is 4.09. The van der Waals surface area contributed by atoms with Gasteiger partial charge in [-0.05, 0) is 48.6 Å². The molecule has 0 radical (unpaired) electrons. The minimum Gasteiger partial charge on any atom is -0.465 e. The molecule has 0 saturated carbocycles. The molecule has 3 aromatic rings. The van der Waals surface area contributed by atoms with Gasteiger partial charge in [0.1, 0.15) is 5.01 Å². The number of aliphatic hydroxyl groups is 1. The molecule has 2 aromatic carbocycles. The number of aromatic nitrogens is 1. The standard InChI is InChI=1S/C21H23NO3S/c1-3-14(10-11-23)12-15-4-9-18-19(13-15)26-20(22-18)16-5-7-17(8-6-16)21(24)25-2/h4-9,13-14,23H,3,10-12H2,1-2H3. The highest BCUT2D eigenvalue weighted by Gasteiger charge is 2.11. The molecule has 0 bridgehead atoms. The van der Waals surface area contributed by atoms with Gasteiger partial charge >= 0.3 is 5.97 Å². The SMILES string of the molecule is CCC(CCO)Cc1ccc2nc(-c3ccc(C(=O)OC)cc3)sc2c1. The molecular formula is C21H23NO3S. The molecule has 0 fully saturated rings. The van der Waals surface area contributed by atoms with E-state index in [0.717, 1.165) is 40.1 Å². The van der Waals surface area contributed by atoms with Gasteiger partial charge in [0.2, 0.25) is 0 Å². The number of hydrogen-bond acceptors (Lipinski definition) is 5. The number of benzene rings is 2. The Hall–Kier alpha value is -2.24. The predicted octanol–water partition coefficient (Wildman–Crippen LogP) is 4.70. The second-order valence-electron chi connectivity index (χ2n) is 6.38. The summed E-state index contributed by atoms with van der Waals surface area (Å²) in [4.78, 5) is 16.3. The number of esters is 1. The topological polar surface area (TPSA) is 59.4 Å². The van der Waals surface area contributed by atoms with Gasteiger partial charge in [-0.25, -0.2) is 9.78 Å². The molecule has 1 aromatic heterocycles. The van der Waals surface area contributed by atoms with Crippen LogP contribution in [0.1, 0.15) is 35.7 Å². The van der Waals surface area contributed by atoms with Crippen molar-refractivity contribution in [2.45, 2.75) is 26.2 Å². The average Bonchev–Trinajstić information content (AvgIpc) is 3.10. The van der Waals surface area contributed by atoms with Crippen LogP contribution in [0.3, 0.4) is 0 Å². The molecule has 0 aliphatic carbocycles. The van der Waals surface area contributed by atoms with Crippen molar-refractivity contribution in [2.24, 2.45) is 5.92 Å². The number of fused-ring (bicyclic) bond motifs is 1. The summed E-state index contributed by atoms with van der Waals surface area (Å²) in [6.45, 7) is 2.41. The van der Waals surface area contributed by atoms with Gasteiger partial charge in [0.05, 0.1) is 22.9 Å². The van der Waals surface area contributed by atoms with E-state index >= 15 is 0 Å². The third-order valence-corrected chi connectivity index (χ3v) is 5.71. The van der Waals surface area contributed by atoms with Crippen molar-refractivity contribution in [1.82, 2.24) is 4.98 Å². The highest BCUT2D eigenvalue weighted by molar-refractivity contribution is 7.21. The van der Waals surface area contributed by atoms with E-state index in [1.165, 1.54) is 12.7 Å². The molecule has 136 valence electrons. The van der Waals surface area contributed by atoms with Gasteiger partial charge in [-0.1, -0.05) is 31.5 Å². The first-order chi connectivity index (χ1) is 12.6. The van der Waals surface area contributed by atoms with Gasteiger partial charge in [0.25, 0.3) is 0 Å². The van der Waals surface area contributed by atoms with E-state index in [1.807, 2.05) is 12.1 Å². The summed E-state index contributed by atoms with van der Waals surface area (Å²) >= 11 is 1.66. The predicted molar refractivity (Wildman–Crippen MR) is 106 cm³/mol. The van der Waals surface area contributed by atoms with Crippen molar-refractivity contribution in [3.63, 3.8) is 0 Å². The van der Waals surface area contributed by atoms with Crippen LogP contribution in [-0.2, 0) is 11.2 Å². The first-order valence-corrected chi connectivity index (χ1v) is 9.65. The molecule has 3 rings (SSSR count). The number of rotatable bonds is 7. The Morgan fingerprint density at radius 3 is 2.65 bits per heavy atom. The Bertz CT molecular complexity index is 886. The second kappa shape index (κ2) is 8.43. The fraction of sp³-hybridized carbons (Fsp3) is 0.333. The molecule has 1 N–H and O–H groups in total. The monoisotopic (exact) mass is 369 g/mol. The van der Waals surface area contributed by atoms with Crippen molar-refractivity contribution < 1.29 is 14.6 Å². The van der Waals surface area contributed by atoms with Gasteiger partial charge < -0.3 is 9.84 Å². The highest BCUT2D eigenvalue weighted by Crippen LogP contribution is 2.31. The van der Waals surface area contributed by atoms with Gasteiger partial charge in [-0.15, -0.1) is 11.3 Å². The van der Waals surface area contributed by atoms with Gasteiger partial charge in [0, 0.05) is 12.2 Å². The second-order valence-corrected chi connectivity index (χ2v) is 7.41. The summed E-state index contributed by atoms with van der Waals surface area (Å²) in [5.41, 5.74) is 3.80. The maximum atomic E-state index is 11.5. The Balaban J connectivity index is 1.84. The van der Waals surface area contributed by atoms with E-state index in [0.29, 0.717) is 11.5 Å². The molecular weight excluding hydrogens is 346 g/mol. The molecule has 1 atom stereocenters. The molecule has 1 unspecified atom stereocenters. The van der Waals surface area contributed by atoms with Gasteiger partial charge in [0.15, 0.2) is 0 Å². The van der Waals surface area contributed by atoms with E-state index in [1.54, 1.807) is 23.5 Å². The summed E-state index contributed by atoms with van der Waals surface area (Å²) in [7, 11) is 1.38. The van der Waals surface area contributed by atoms with E-state index in [2.05, 4.69) is 25.1 Å². The summed E-state index contributed by atoms with van der Waals surface area (Å²) in [5, 5.41) is 10.1. The van der Waals surface area contributed by atoms with Crippen molar-refractivity contribution in [2.75, 3.05) is 13.7 Å². The molecule has 0 spiro atoms. The molecule has 0 aliphatic rings. The largest absolute Gasteiger partial charge is 0.465 e. The van der Waals surface area contributed by atoms with E-state index in [-0.39, 0.29) is 12.6 Å². The first kappa shape index (κ1) is 18.5. The lowest BCUT2D eigenvalue weighted by Gasteiger charge is -2.13. The Morgan fingerprint density at radius 2 is 2.00 bits per heavy atom. The van der Waals surface area contributed by atoms with Crippen molar-refractivity contribution in [1.29, 1.82) is 0 Å². The molecule has 0 aliphatic heterocycles. The van der Waals surface area contributed by atoms with Crippen molar-refractivity contribution >= 4 is 27.5 Å². The van der Waals surface area contributed by atoms with Crippen LogP contribution in [0, 0.1) is 5.92 Å². The molecule has 0 saturated heterocycles. The molecule has 0 amide bonds. The number of carbonyl (C=O) groups excluding carboxylic acids is 1. The van der Waals surface area contributed by atoms with Crippen LogP contribution in [0.2, 0.25) is 0 Å². The lowest BCUT2D eigenvalue weighted by atomic mass is 9.94. The normalized spacial score (nSPS) is 12.3. The summed E-state index contributed by atoms with van der Waals surface area (Å²) in [6.07, 6.45) is 2.89. The van der Waals surface area contributed by atoms with Crippen LogP contribution in [-0.4, -0.2) is 29.8 Å². The third-order valence-electron chi connectivity index (χ3n) is 4.64. The Morgan fingerprint density at radius 1 is 1.23 bits per heavy atom. The van der Waals surface area contributed by atoms with Crippen LogP contribution in [0.4, 0.5) is 0 Å². The van der Waals surface area contributed by atoms with Gasteiger partial charge in [-0.2, -0.15) is 0 Å². The Labute approximate surface area is 157 Å². The number of thiazole rings is 1. The zero-order valence-corrected chi connectivity index (χ0v) is 15.9. The van der Waals surface area contributed by atoms with Crippen LogP contribution in [0.15, 0.2) is 42.5 Å². The van der Waals surface area contributed by atoms with Gasteiger partial charge in [-0.3, -0.25) is 0 Å². The Kier molecular flexibility index (Phi) is 6.01. The molecule has 5 heteroatoms. The number of ether oxygens (including phenoxy) is 1. The average molecular weight is 369 g/mol. The van der Waals surface area contributed by atoms with Crippen molar-refractivity contribution in [3.05, 3.63) is 53.6 Å². The number of hydrogen-bond donors (Lipinski definition) is 1. The maximum Gasteiger partial charge on any atom is 0.337 e. The van der Waals surface area contributed by atoms with Crippen molar-refractivity contribution in [3.8, 4) is 10.6 Å². The lowest BCUT2D eigenvalue weighted by Crippen LogP contribution is -2.05. The van der Waals surface area contributed by atoms with Crippen LogP contribution in [0.25, 0.3) is 20.8 Å². The summed E-state index contributed by atoms with van der Waals surface area (Å²) in [6, 6.07) is 13.7. The highest BCUT2D eigenvalue weighted by atomic mass is 32.1. The van der Waals surface area contributed by atoms with Crippen LogP contribution >= 0.6 is 11.3 Å². The summed E-state index contributed by atoms with van der Waals surface area (Å²) < 4.78 is 5.89. The quantitative estimate of drug-likeness (QED) is 0.613. The number of nitrogens with zero attached hydrogens (tertiary/aromatic N) is 1. The van der Waals surface area contributed by atoms with Crippen LogP contribution < -0.4 is 0 Å². The van der Waals surface area contributed by atoms with E-state index in [9.17, 15) is 9.90 Å². The molecule has 26 heavy (non-hydrogen) atoms. The van der Waals surface area contributed by atoms with E-state index in [4.69, 9.17) is 9.72 Å². The minimum absolute atomic E-state index is 0.243. The lowest BCUT2D eigenvalue weighted by molar-refractivity contribution is 0.0600. The van der Waals surface area contributed by atoms with Crippen LogP contribution in [0.5, 0.6) is 0 Å². The minimum atomic E-state index is -0.334. The van der Waals surface area contributed by atoms with E-state index < -0.39 is 0 Å². The first-order valence-electron chi connectivity index (χ1n) is 8.83. The summed E-state index contributed by atoms with van der Waals surface area (Å²) in [5.74, 6) is 0.176. The maximum absolute atomic E-state index is 11.5. The third kappa shape index (κ3) is 4.11. The number of aliphatic hydroxyl groups excluding tert-OH is 1.